The second kappa shape index (κ2) is 9.12. The van der Waals surface area contributed by atoms with Gasteiger partial charge in [-0.3, -0.25) is 0 Å². The topological polar surface area (TPSA) is 61.8 Å². The summed E-state index contributed by atoms with van der Waals surface area (Å²) in [6.45, 7) is 9.53. The molecule has 0 spiro atoms. The SMILES string of the molecule is CCOc1cc[c]([Tl]([O]C(=O)C(C)C)[O]C(=O)C(C)C)cc1. The third kappa shape index (κ3) is 5.94. The van der Waals surface area contributed by atoms with E-state index in [4.69, 9.17) is 10.1 Å². The molecule has 120 valence electrons. The van der Waals surface area contributed by atoms with E-state index in [1.807, 2.05) is 19.1 Å². The molecule has 0 fully saturated rings. The number of hydrogen-bond acceptors (Lipinski definition) is 5. The van der Waals surface area contributed by atoms with Crippen molar-refractivity contribution in [3.05, 3.63) is 24.3 Å². The normalized spacial score (nSPS) is 10.5. The van der Waals surface area contributed by atoms with Crippen molar-refractivity contribution >= 4 is 38.7 Å². The van der Waals surface area contributed by atoms with Gasteiger partial charge < -0.3 is 0 Å². The van der Waals surface area contributed by atoms with E-state index in [-0.39, 0.29) is 23.8 Å². The standard InChI is InChI=1S/C8H9O.2C4H8O2.Tl/c1-2-9-8-6-4-3-5-7-8;2*1-3(2)4(5)6;/h4-7H,2H2,1H3;2*3H,1-2H3,(H,5,6);/q;;;+2/p-2. The van der Waals surface area contributed by atoms with Crippen LogP contribution in [0.25, 0.3) is 0 Å². The van der Waals surface area contributed by atoms with Crippen molar-refractivity contribution < 1.29 is 19.7 Å². The van der Waals surface area contributed by atoms with Crippen LogP contribution < -0.4 is 7.86 Å². The van der Waals surface area contributed by atoms with E-state index in [1.54, 1.807) is 39.8 Å². The Labute approximate surface area is 141 Å². The molecule has 0 atom stereocenters. The molecule has 1 aromatic carbocycles. The average Bonchev–Trinajstić information content (AvgIpc) is 2.47. The minimum atomic E-state index is -3.56. The molecule has 0 aliphatic rings. The first-order valence-corrected chi connectivity index (χ1v) is 13.4. The number of ether oxygens (including phenoxy) is 1. The molecule has 0 heterocycles. The summed E-state index contributed by atoms with van der Waals surface area (Å²) in [4.78, 5) is 23.7. The van der Waals surface area contributed by atoms with Crippen LogP contribution in [0.1, 0.15) is 34.6 Å². The molecule has 0 radical (unpaired) electrons. The fraction of sp³-hybridized carbons (Fsp3) is 0.500. The Morgan fingerprint density at radius 2 is 1.41 bits per heavy atom. The van der Waals surface area contributed by atoms with Gasteiger partial charge in [0.1, 0.15) is 0 Å². The van der Waals surface area contributed by atoms with Crippen molar-refractivity contribution in [3.8, 4) is 5.75 Å². The van der Waals surface area contributed by atoms with E-state index in [0.717, 1.165) is 8.87 Å². The fourth-order valence-corrected chi connectivity index (χ4v) is 8.50. The van der Waals surface area contributed by atoms with Crippen LogP contribution in [-0.4, -0.2) is 42.2 Å². The van der Waals surface area contributed by atoms with Crippen LogP contribution in [0.2, 0.25) is 0 Å². The maximum atomic E-state index is 11.9. The molecule has 0 aliphatic carbocycles. The Hall–Kier alpha value is -1.12. The molecule has 0 saturated heterocycles. The molecule has 1 aromatic rings. The zero-order valence-electron chi connectivity index (χ0n) is 13.8. The predicted octanol–water partition coefficient (Wildman–Crippen LogP) is 2.18. The van der Waals surface area contributed by atoms with Crippen molar-refractivity contribution in [3.63, 3.8) is 0 Å². The van der Waals surface area contributed by atoms with Crippen LogP contribution in [0.3, 0.4) is 0 Å². The van der Waals surface area contributed by atoms with Crippen LogP contribution in [0.4, 0.5) is 0 Å². The average molecular weight is 500 g/mol. The quantitative estimate of drug-likeness (QED) is 0.538. The van der Waals surface area contributed by atoms with Gasteiger partial charge in [-0.2, -0.15) is 0 Å². The van der Waals surface area contributed by atoms with Gasteiger partial charge in [-0.15, -0.1) is 0 Å². The van der Waals surface area contributed by atoms with E-state index >= 15 is 0 Å². The van der Waals surface area contributed by atoms with Gasteiger partial charge >= 0.3 is 141 Å². The number of benzene rings is 1. The molecule has 0 saturated carbocycles. The van der Waals surface area contributed by atoms with Crippen molar-refractivity contribution in [1.29, 1.82) is 0 Å². The Morgan fingerprint density at radius 3 is 1.77 bits per heavy atom. The summed E-state index contributed by atoms with van der Waals surface area (Å²) in [6.07, 6.45) is 0. The van der Waals surface area contributed by atoms with Crippen molar-refractivity contribution in [1.82, 2.24) is 0 Å². The molecular weight excluding hydrogens is 477 g/mol. The molecule has 0 bridgehead atoms. The van der Waals surface area contributed by atoms with Crippen molar-refractivity contribution in [2.45, 2.75) is 34.6 Å². The monoisotopic (exact) mass is 500 g/mol. The molecule has 6 heteroatoms. The summed E-state index contributed by atoms with van der Waals surface area (Å²) in [6, 6.07) is 7.24. The zero-order chi connectivity index (χ0) is 16.7. The van der Waals surface area contributed by atoms with Gasteiger partial charge in [-0.05, 0) is 0 Å². The summed E-state index contributed by atoms with van der Waals surface area (Å²) in [7, 11) is 0. The van der Waals surface area contributed by atoms with E-state index in [9.17, 15) is 9.59 Å². The van der Waals surface area contributed by atoms with Gasteiger partial charge in [-0.1, -0.05) is 0 Å². The third-order valence-electron chi connectivity index (χ3n) is 2.85. The first-order chi connectivity index (χ1) is 10.3. The Balaban J connectivity index is 2.92. The number of rotatable bonds is 7. The Bertz CT molecular complexity index is 474. The van der Waals surface area contributed by atoms with E-state index < -0.39 is 23.6 Å². The fourth-order valence-electron chi connectivity index (χ4n) is 1.53. The maximum absolute atomic E-state index is 11.9. The summed E-state index contributed by atoms with van der Waals surface area (Å²) in [5, 5.41) is 0. The van der Waals surface area contributed by atoms with Gasteiger partial charge in [0.25, 0.3) is 0 Å². The van der Waals surface area contributed by atoms with E-state index in [1.165, 1.54) is 0 Å². The minimum absolute atomic E-state index is 0.247. The second-order valence-corrected chi connectivity index (χ2v) is 12.5. The molecule has 0 unspecified atom stereocenters. The third-order valence-corrected chi connectivity index (χ3v) is 9.94. The molecule has 5 nitrogen and oxygen atoms in total. The summed E-state index contributed by atoms with van der Waals surface area (Å²) >= 11 is -3.56. The van der Waals surface area contributed by atoms with Gasteiger partial charge in [-0.25, -0.2) is 0 Å². The molecule has 0 aliphatic heterocycles. The van der Waals surface area contributed by atoms with Crippen LogP contribution in [-0.2, 0) is 15.0 Å². The van der Waals surface area contributed by atoms with Crippen molar-refractivity contribution in [2.75, 3.05) is 6.61 Å². The molecule has 0 amide bonds. The summed E-state index contributed by atoms with van der Waals surface area (Å²) in [5.74, 6) is -0.399. The second-order valence-electron chi connectivity index (χ2n) is 5.52. The Morgan fingerprint density at radius 1 is 0.955 bits per heavy atom. The summed E-state index contributed by atoms with van der Waals surface area (Å²) in [5.41, 5.74) is 0. The summed E-state index contributed by atoms with van der Waals surface area (Å²) < 4.78 is 17.2. The zero-order valence-corrected chi connectivity index (χ0v) is 18.3. The Kier molecular flexibility index (Phi) is 7.85. The number of carbonyl (C=O) groups excluding carboxylic acids is 2. The molecule has 1 rings (SSSR count). The molecule has 22 heavy (non-hydrogen) atoms. The number of hydrogen-bond donors (Lipinski definition) is 0. The van der Waals surface area contributed by atoms with Gasteiger partial charge in [0.2, 0.25) is 0 Å². The van der Waals surface area contributed by atoms with Crippen LogP contribution in [0.15, 0.2) is 24.3 Å². The van der Waals surface area contributed by atoms with Crippen molar-refractivity contribution in [2.24, 2.45) is 11.8 Å². The van der Waals surface area contributed by atoms with Gasteiger partial charge in [0.05, 0.1) is 0 Å². The van der Waals surface area contributed by atoms with Crippen LogP contribution in [0.5, 0.6) is 5.75 Å². The van der Waals surface area contributed by atoms with Crippen LogP contribution >= 0.6 is 0 Å². The molecule has 0 aromatic heterocycles. The van der Waals surface area contributed by atoms with Gasteiger partial charge in [0, 0.05) is 0 Å². The van der Waals surface area contributed by atoms with E-state index in [0.29, 0.717) is 6.61 Å². The van der Waals surface area contributed by atoms with E-state index in [2.05, 4.69) is 0 Å². The molecular formula is C16H23O5Tl. The first kappa shape index (κ1) is 18.9. The van der Waals surface area contributed by atoms with Crippen LogP contribution in [0, 0.1) is 11.8 Å². The molecule has 0 N–H and O–H groups in total. The predicted molar refractivity (Wildman–Crippen MR) is 84.9 cm³/mol. The van der Waals surface area contributed by atoms with Gasteiger partial charge in [0.15, 0.2) is 0 Å². The number of carbonyl (C=O) groups is 2. The first-order valence-electron chi connectivity index (χ1n) is 7.48.